The van der Waals surface area contributed by atoms with Gasteiger partial charge in [-0.1, -0.05) is 35.9 Å². The minimum absolute atomic E-state index is 0.0603. The van der Waals surface area contributed by atoms with Gasteiger partial charge in [0.2, 0.25) is 10.0 Å². The molecule has 8 heteroatoms. The van der Waals surface area contributed by atoms with Crippen molar-refractivity contribution in [3.63, 3.8) is 0 Å². The first-order chi connectivity index (χ1) is 14.2. The monoisotopic (exact) mass is 449 g/mol. The number of hydrogen-bond acceptors (Lipinski definition) is 4. The number of fused-ring (bicyclic) bond motifs is 1. The number of nitrogens with zero attached hydrogens (tertiary/aromatic N) is 2. The molecule has 2 aromatic carbocycles. The van der Waals surface area contributed by atoms with Crippen molar-refractivity contribution in [2.45, 2.75) is 37.2 Å². The molecule has 30 heavy (non-hydrogen) atoms. The number of rotatable bonds is 7. The maximum atomic E-state index is 13.2. The van der Waals surface area contributed by atoms with E-state index in [4.69, 9.17) is 11.6 Å². The first-order valence-electron chi connectivity index (χ1n) is 10.0. The summed E-state index contributed by atoms with van der Waals surface area (Å²) in [6.45, 7) is 3.48. The molecule has 162 valence electrons. The van der Waals surface area contributed by atoms with E-state index >= 15 is 0 Å². The molecular formula is C22H28ClN3O3S. The zero-order valence-electron chi connectivity index (χ0n) is 17.6. The Morgan fingerprint density at radius 1 is 1.20 bits per heavy atom. The van der Waals surface area contributed by atoms with Crippen LogP contribution in [0.3, 0.4) is 0 Å². The topological polar surface area (TPSA) is 69.7 Å². The molecule has 1 aliphatic heterocycles. The van der Waals surface area contributed by atoms with Gasteiger partial charge < -0.3 is 10.2 Å². The molecule has 2 aromatic rings. The van der Waals surface area contributed by atoms with Gasteiger partial charge in [0.1, 0.15) is 0 Å². The molecule has 1 heterocycles. The highest BCUT2D eigenvalue weighted by atomic mass is 35.5. The van der Waals surface area contributed by atoms with Crippen LogP contribution in [-0.4, -0.2) is 56.8 Å². The van der Waals surface area contributed by atoms with E-state index < -0.39 is 10.0 Å². The lowest BCUT2D eigenvalue weighted by Gasteiger charge is -2.28. The Morgan fingerprint density at radius 3 is 2.60 bits per heavy atom. The summed E-state index contributed by atoms with van der Waals surface area (Å²) in [5.41, 5.74) is 2.35. The molecule has 0 aromatic heterocycles. The van der Waals surface area contributed by atoms with E-state index in [1.54, 1.807) is 0 Å². The number of amides is 1. The summed E-state index contributed by atoms with van der Waals surface area (Å²) in [7, 11) is 0.203. The maximum Gasteiger partial charge on any atom is 0.253 e. The van der Waals surface area contributed by atoms with Crippen LogP contribution in [0.15, 0.2) is 47.4 Å². The second kappa shape index (κ2) is 9.47. The van der Waals surface area contributed by atoms with Crippen LogP contribution in [0.5, 0.6) is 0 Å². The summed E-state index contributed by atoms with van der Waals surface area (Å²) >= 11 is 6.23. The number of halogens is 1. The van der Waals surface area contributed by atoms with Crippen LogP contribution in [0.1, 0.15) is 34.8 Å². The van der Waals surface area contributed by atoms with Gasteiger partial charge in [0.25, 0.3) is 5.91 Å². The summed E-state index contributed by atoms with van der Waals surface area (Å²) in [6, 6.07) is 12.1. The molecule has 0 radical (unpaired) electrons. The predicted molar refractivity (Wildman–Crippen MR) is 119 cm³/mol. The third kappa shape index (κ3) is 5.21. The van der Waals surface area contributed by atoms with Crippen molar-refractivity contribution in [3.05, 3.63) is 64.2 Å². The maximum absolute atomic E-state index is 13.2. The predicted octanol–water partition coefficient (Wildman–Crippen LogP) is 3.16. The van der Waals surface area contributed by atoms with Gasteiger partial charge in [-0.25, -0.2) is 8.42 Å². The van der Waals surface area contributed by atoms with Gasteiger partial charge in [-0.3, -0.25) is 4.79 Å². The van der Waals surface area contributed by atoms with Crippen molar-refractivity contribution in [1.29, 1.82) is 0 Å². The molecule has 0 saturated heterocycles. The molecule has 6 nitrogen and oxygen atoms in total. The summed E-state index contributed by atoms with van der Waals surface area (Å²) < 4.78 is 27.9. The van der Waals surface area contributed by atoms with E-state index in [1.807, 2.05) is 50.2 Å². The Balaban J connectivity index is 1.79. The summed E-state index contributed by atoms with van der Waals surface area (Å²) in [4.78, 5) is 14.8. The fraction of sp³-hybridized carbons (Fsp3) is 0.409. The van der Waals surface area contributed by atoms with Crippen LogP contribution < -0.4 is 5.32 Å². The minimum atomic E-state index is -3.74. The number of carbonyl (C=O) groups is 1. The summed E-state index contributed by atoms with van der Waals surface area (Å²) in [5, 5.41) is 3.14. The molecule has 0 spiro atoms. The molecule has 1 amide bonds. The lowest BCUT2D eigenvalue weighted by Crippen LogP contribution is -2.36. The highest BCUT2D eigenvalue weighted by molar-refractivity contribution is 7.89. The molecule has 1 unspecified atom stereocenters. The van der Waals surface area contributed by atoms with Gasteiger partial charge in [0, 0.05) is 19.1 Å². The number of carbonyl (C=O) groups excluding carboxylic acids is 1. The highest BCUT2D eigenvalue weighted by Crippen LogP contribution is 2.27. The van der Waals surface area contributed by atoms with Crippen molar-refractivity contribution in [3.8, 4) is 0 Å². The number of hydrogen-bond donors (Lipinski definition) is 1. The van der Waals surface area contributed by atoms with Gasteiger partial charge in [-0.15, -0.1) is 0 Å². The number of benzene rings is 2. The van der Waals surface area contributed by atoms with Crippen molar-refractivity contribution < 1.29 is 13.2 Å². The van der Waals surface area contributed by atoms with Crippen LogP contribution in [0.2, 0.25) is 5.02 Å². The summed E-state index contributed by atoms with van der Waals surface area (Å²) in [5.74, 6) is -0.368. The average Bonchev–Trinajstić information content (AvgIpc) is 2.72. The first-order valence-corrected chi connectivity index (χ1v) is 11.8. The smallest absolute Gasteiger partial charge is 0.253 e. The molecule has 0 aliphatic carbocycles. The van der Waals surface area contributed by atoms with E-state index in [-0.39, 0.29) is 27.4 Å². The Labute approximate surface area is 183 Å². The zero-order chi connectivity index (χ0) is 21.9. The molecule has 3 rings (SSSR count). The van der Waals surface area contributed by atoms with E-state index in [2.05, 4.69) is 5.32 Å². The number of nitrogens with one attached hydrogen (secondary N) is 1. The Bertz CT molecular complexity index is 1020. The van der Waals surface area contributed by atoms with Crippen LogP contribution in [0.4, 0.5) is 0 Å². The molecule has 1 N–H and O–H groups in total. The third-order valence-electron chi connectivity index (χ3n) is 5.30. The molecule has 1 atom stereocenters. The van der Waals surface area contributed by atoms with E-state index in [9.17, 15) is 13.2 Å². The largest absolute Gasteiger partial charge is 0.349 e. The van der Waals surface area contributed by atoms with Gasteiger partial charge in [0.15, 0.2) is 0 Å². The second-order valence-corrected chi connectivity index (χ2v) is 10.3. The molecule has 0 fully saturated rings. The van der Waals surface area contributed by atoms with Crippen LogP contribution in [0, 0.1) is 0 Å². The fourth-order valence-electron chi connectivity index (χ4n) is 3.49. The van der Waals surface area contributed by atoms with E-state index in [0.29, 0.717) is 19.5 Å². The Hall–Kier alpha value is -1.93. The Kier molecular flexibility index (Phi) is 7.18. The van der Waals surface area contributed by atoms with Crippen LogP contribution in [0.25, 0.3) is 0 Å². The van der Waals surface area contributed by atoms with Crippen molar-refractivity contribution in [2.24, 2.45) is 0 Å². The second-order valence-electron chi connectivity index (χ2n) is 7.97. The van der Waals surface area contributed by atoms with E-state index in [0.717, 1.165) is 18.5 Å². The lowest BCUT2D eigenvalue weighted by atomic mass is 10.0. The summed E-state index contributed by atoms with van der Waals surface area (Å²) in [6.07, 6.45) is 1.45. The van der Waals surface area contributed by atoms with Crippen molar-refractivity contribution in [1.82, 2.24) is 14.5 Å². The highest BCUT2D eigenvalue weighted by Gasteiger charge is 2.29. The normalized spacial score (nSPS) is 15.6. The zero-order valence-corrected chi connectivity index (χ0v) is 19.1. The van der Waals surface area contributed by atoms with Crippen molar-refractivity contribution >= 4 is 27.5 Å². The molecular weight excluding hydrogens is 422 g/mol. The molecule has 0 saturated carbocycles. The molecule has 0 bridgehead atoms. The SMILES string of the molecule is CC(CCN(C)C)NC(=O)c1cc(S(=O)(=O)N2CCc3ccccc3C2)ccc1Cl. The van der Waals surface area contributed by atoms with Gasteiger partial charge in [-0.05, 0) is 69.7 Å². The van der Waals surface area contributed by atoms with Gasteiger partial charge in [0.05, 0.1) is 15.5 Å². The standard InChI is InChI=1S/C22H28ClN3O3S/c1-16(10-12-25(2)3)24-22(27)20-14-19(8-9-21(20)23)30(28,29)26-13-11-17-6-4-5-7-18(17)15-26/h4-9,14,16H,10-13,15H2,1-3H3,(H,24,27). The van der Waals surface area contributed by atoms with Crippen LogP contribution >= 0.6 is 11.6 Å². The number of sulfonamides is 1. The lowest BCUT2D eigenvalue weighted by molar-refractivity contribution is 0.0936. The van der Waals surface area contributed by atoms with Crippen LogP contribution in [-0.2, 0) is 23.0 Å². The first kappa shape index (κ1) is 22.7. The fourth-order valence-corrected chi connectivity index (χ4v) is 5.14. The van der Waals surface area contributed by atoms with E-state index in [1.165, 1.54) is 28.1 Å². The molecule has 1 aliphatic rings. The minimum Gasteiger partial charge on any atom is -0.349 e. The van der Waals surface area contributed by atoms with Crippen molar-refractivity contribution in [2.75, 3.05) is 27.2 Å². The quantitative estimate of drug-likeness (QED) is 0.704. The van der Waals surface area contributed by atoms with Gasteiger partial charge >= 0.3 is 0 Å². The average molecular weight is 450 g/mol. The van der Waals surface area contributed by atoms with Gasteiger partial charge in [-0.2, -0.15) is 4.31 Å². The Morgan fingerprint density at radius 2 is 1.90 bits per heavy atom. The third-order valence-corrected chi connectivity index (χ3v) is 7.47.